The van der Waals surface area contributed by atoms with Crippen molar-refractivity contribution in [1.29, 1.82) is 0 Å². The molecule has 166 valence electrons. The maximum atomic E-state index is 13.2. The monoisotopic (exact) mass is 445 g/mol. The quantitative estimate of drug-likeness (QED) is 0.372. The van der Waals surface area contributed by atoms with Crippen LogP contribution in [0.15, 0.2) is 79.1 Å². The molecule has 0 radical (unpaired) electrons. The number of nitrogens with one attached hydrogen (secondary N) is 2. The molecule has 0 unspecified atom stereocenters. The third-order valence-electron chi connectivity index (χ3n) is 7.49. The number of aromatic nitrogens is 2. The van der Waals surface area contributed by atoms with E-state index in [1.807, 2.05) is 30.5 Å². The number of para-hydroxylation sites is 1. The van der Waals surface area contributed by atoms with Crippen molar-refractivity contribution in [2.45, 2.75) is 31.2 Å². The van der Waals surface area contributed by atoms with Gasteiger partial charge in [0.15, 0.2) is 0 Å². The van der Waals surface area contributed by atoms with Gasteiger partial charge in [-0.15, -0.1) is 0 Å². The van der Waals surface area contributed by atoms with Crippen molar-refractivity contribution in [1.82, 2.24) is 14.9 Å². The van der Waals surface area contributed by atoms with Crippen molar-refractivity contribution >= 4 is 33.6 Å². The van der Waals surface area contributed by atoms with Crippen LogP contribution in [0.2, 0.25) is 0 Å². The Kier molecular flexibility index (Phi) is 4.09. The molecule has 2 atom stereocenters. The van der Waals surface area contributed by atoms with Crippen LogP contribution < -0.4 is 5.32 Å². The molecule has 1 saturated heterocycles. The predicted octanol–water partition coefficient (Wildman–Crippen LogP) is 5.26. The molecule has 2 aromatic heterocycles. The van der Waals surface area contributed by atoms with Crippen molar-refractivity contribution in [2.75, 3.05) is 0 Å². The summed E-state index contributed by atoms with van der Waals surface area (Å²) < 4.78 is 2.26. The van der Waals surface area contributed by atoms with Crippen LogP contribution in [-0.2, 0) is 22.6 Å². The summed E-state index contributed by atoms with van der Waals surface area (Å²) in [4.78, 5) is 29.7. The van der Waals surface area contributed by atoms with E-state index in [-0.39, 0.29) is 11.8 Å². The number of rotatable bonds is 3. The van der Waals surface area contributed by atoms with E-state index in [2.05, 4.69) is 63.5 Å². The van der Waals surface area contributed by atoms with Gasteiger partial charge in [0.25, 0.3) is 0 Å². The maximum absolute atomic E-state index is 13.2. The molecule has 4 heterocycles. The molecule has 2 aliphatic heterocycles. The van der Waals surface area contributed by atoms with E-state index in [1.165, 1.54) is 11.1 Å². The van der Waals surface area contributed by atoms with Crippen LogP contribution in [0, 0.1) is 0 Å². The van der Waals surface area contributed by atoms with Gasteiger partial charge in [0.05, 0.1) is 17.4 Å². The van der Waals surface area contributed by atoms with Crippen LogP contribution in [-0.4, -0.2) is 21.4 Å². The van der Waals surface area contributed by atoms with Crippen LogP contribution in [0.3, 0.4) is 0 Å². The first-order chi connectivity index (χ1) is 16.7. The van der Waals surface area contributed by atoms with Gasteiger partial charge in [0, 0.05) is 35.2 Å². The number of aromatic amines is 1. The fourth-order valence-electron chi connectivity index (χ4n) is 5.96. The van der Waals surface area contributed by atoms with Gasteiger partial charge in [-0.25, -0.2) is 0 Å². The SMILES string of the molecule is O=C1NC(=O)[C@H](c2cn3c4c(cccc24)CCC3)[C@H]1c1c[nH]c2ccc(-c3ccccc3)cc12. The number of carbonyl (C=O) groups is 2. The van der Waals surface area contributed by atoms with Gasteiger partial charge in [0.2, 0.25) is 11.8 Å². The first-order valence-electron chi connectivity index (χ1n) is 11.8. The summed E-state index contributed by atoms with van der Waals surface area (Å²) in [5.74, 6) is -1.57. The summed E-state index contributed by atoms with van der Waals surface area (Å²) >= 11 is 0. The van der Waals surface area contributed by atoms with Gasteiger partial charge in [-0.05, 0) is 52.8 Å². The van der Waals surface area contributed by atoms with Crippen LogP contribution in [0.4, 0.5) is 0 Å². The maximum Gasteiger partial charge on any atom is 0.235 e. The van der Waals surface area contributed by atoms with Gasteiger partial charge < -0.3 is 9.55 Å². The van der Waals surface area contributed by atoms with E-state index in [0.717, 1.165) is 57.9 Å². The third kappa shape index (κ3) is 2.73. The van der Waals surface area contributed by atoms with E-state index in [4.69, 9.17) is 0 Å². The number of carbonyl (C=O) groups excluding carboxylic acids is 2. The van der Waals surface area contributed by atoms with Gasteiger partial charge in [-0.2, -0.15) is 0 Å². The summed E-state index contributed by atoms with van der Waals surface area (Å²) in [5.41, 5.74) is 7.50. The molecule has 5 nitrogen and oxygen atoms in total. The highest BCUT2D eigenvalue weighted by atomic mass is 16.2. The molecule has 1 fully saturated rings. The second kappa shape index (κ2) is 7.19. The number of imide groups is 1. The number of hydrogen-bond donors (Lipinski definition) is 2. The lowest BCUT2D eigenvalue weighted by Crippen LogP contribution is -2.21. The Balaban J connectivity index is 1.41. The zero-order valence-corrected chi connectivity index (χ0v) is 18.5. The van der Waals surface area contributed by atoms with Crippen molar-refractivity contribution in [3.8, 4) is 11.1 Å². The smallest absolute Gasteiger partial charge is 0.235 e. The number of nitrogens with zero attached hydrogens (tertiary/aromatic N) is 1. The molecule has 0 saturated carbocycles. The van der Waals surface area contributed by atoms with Gasteiger partial charge in [-0.3, -0.25) is 14.9 Å². The lowest BCUT2D eigenvalue weighted by molar-refractivity contribution is -0.125. The van der Waals surface area contributed by atoms with E-state index < -0.39 is 11.8 Å². The summed E-state index contributed by atoms with van der Waals surface area (Å²) in [6.45, 7) is 0.938. The highest BCUT2D eigenvalue weighted by Crippen LogP contribution is 2.44. The number of hydrogen-bond acceptors (Lipinski definition) is 2. The topological polar surface area (TPSA) is 66.9 Å². The van der Waals surface area contributed by atoms with Crippen molar-refractivity contribution in [3.05, 3.63) is 95.8 Å². The minimum atomic E-state index is -0.573. The Morgan fingerprint density at radius 2 is 1.62 bits per heavy atom. The zero-order valence-electron chi connectivity index (χ0n) is 18.5. The van der Waals surface area contributed by atoms with E-state index >= 15 is 0 Å². The molecule has 2 amide bonds. The minimum Gasteiger partial charge on any atom is -0.361 e. The molecule has 2 N–H and O–H groups in total. The first kappa shape index (κ1) is 19.4. The Hall–Kier alpha value is -4.12. The molecule has 0 bridgehead atoms. The molecule has 2 aliphatic rings. The van der Waals surface area contributed by atoms with E-state index in [0.29, 0.717) is 0 Å². The van der Waals surface area contributed by atoms with Crippen molar-refractivity contribution in [3.63, 3.8) is 0 Å². The van der Waals surface area contributed by atoms with Crippen molar-refractivity contribution in [2.24, 2.45) is 0 Å². The highest BCUT2D eigenvalue weighted by molar-refractivity contribution is 6.13. The third-order valence-corrected chi connectivity index (χ3v) is 7.49. The summed E-state index contributed by atoms with van der Waals surface area (Å²) in [7, 11) is 0. The normalized spacial score (nSPS) is 19.8. The molecular weight excluding hydrogens is 422 g/mol. The summed E-state index contributed by atoms with van der Waals surface area (Å²) in [5, 5.41) is 4.70. The predicted molar refractivity (Wildman–Crippen MR) is 133 cm³/mol. The Bertz CT molecular complexity index is 1610. The lowest BCUT2D eigenvalue weighted by atomic mass is 9.82. The average Bonchev–Trinajstić information content (AvgIpc) is 3.53. The molecular formula is C29H23N3O2. The van der Waals surface area contributed by atoms with Gasteiger partial charge in [0.1, 0.15) is 0 Å². The molecule has 34 heavy (non-hydrogen) atoms. The summed E-state index contributed by atoms with van der Waals surface area (Å²) in [6, 6.07) is 22.8. The fourth-order valence-corrected chi connectivity index (χ4v) is 5.96. The van der Waals surface area contributed by atoms with Crippen LogP contribution >= 0.6 is 0 Å². The Morgan fingerprint density at radius 1 is 0.794 bits per heavy atom. The largest absolute Gasteiger partial charge is 0.361 e. The van der Waals surface area contributed by atoms with Crippen molar-refractivity contribution < 1.29 is 9.59 Å². The number of H-pyrrole nitrogens is 1. The number of amides is 2. The second-order valence-electron chi connectivity index (χ2n) is 9.37. The second-order valence-corrected chi connectivity index (χ2v) is 9.37. The van der Waals surface area contributed by atoms with Crippen LogP contribution in [0.25, 0.3) is 32.9 Å². The van der Waals surface area contributed by atoms with Crippen LogP contribution in [0.1, 0.15) is 34.9 Å². The fraction of sp³-hybridized carbons (Fsp3) is 0.172. The van der Waals surface area contributed by atoms with E-state index in [1.54, 1.807) is 0 Å². The standard InChI is InChI=1S/C29H23N3O2/c33-28-25(22-15-30-24-12-11-19(14-21(22)24)17-6-2-1-3-7-17)26(29(34)31-28)23-16-32-13-5-9-18-8-4-10-20(23)27(18)32/h1-4,6-8,10-12,14-16,25-26,30H,5,9,13H2,(H,31,33,34)/t25-,26-/m1/s1. The summed E-state index contributed by atoms with van der Waals surface area (Å²) in [6.07, 6.45) is 6.14. The zero-order chi connectivity index (χ0) is 22.8. The highest BCUT2D eigenvalue weighted by Gasteiger charge is 2.45. The van der Waals surface area contributed by atoms with Gasteiger partial charge >= 0.3 is 0 Å². The number of aryl methyl sites for hydroxylation is 2. The molecule has 5 aromatic rings. The van der Waals surface area contributed by atoms with Crippen LogP contribution in [0.5, 0.6) is 0 Å². The Labute approximate surface area is 196 Å². The molecule has 7 rings (SSSR count). The average molecular weight is 446 g/mol. The molecule has 0 aliphatic carbocycles. The lowest BCUT2D eigenvalue weighted by Gasteiger charge is -2.15. The molecule has 5 heteroatoms. The number of benzene rings is 3. The molecule has 0 spiro atoms. The molecule has 3 aromatic carbocycles. The van der Waals surface area contributed by atoms with Gasteiger partial charge in [-0.1, -0.05) is 54.6 Å². The Morgan fingerprint density at radius 3 is 2.47 bits per heavy atom. The first-order valence-corrected chi connectivity index (χ1v) is 11.8. The van der Waals surface area contributed by atoms with E-state index in [9.17, 15) is 9.59 Å². The number of fused-ring (bicyclic) bond motifs is 1. The minimum absolute atomic E-state index is 0.215.